The minimum atomic E-state index is -3.28. The number of carbonyl (C=O) groups excluding carboxylic acids is 1. The normalized spacial score (nSPS) is 16.5. The number of anilines is 1. The number of nitrogens with one attached hydrogen (secondary N) is 1. The van der Waals surface area contributed by atoms with Crippen LogP contribution in [-0.4, -0.2) is 25.6 Å². The second-order valence-corrected chi connectivity index (χ2v) is 10.1. The fourth-order valence-corrected chi connectivity index (χ4v) is 5.41. The number of thiazole rings is 1. The van der Waals surface area contributed by atoms with Gasteiger partial charge in [0.2, 0.25) is 5.91 Å². The molecule has 0 atom stereocenters. The second-order valence-electron chi connectivity index (χ2n) is 7.03. The summed E-state index contributed by atoms with van der Waals surface area (Å²) in [6, 6.07) is 14.8. The van der Waals surface area contributed by atoms with Crippen molar-refractivity contribution >= 4 is 42.4 Å². The van der Waals surface area contributed by atoms with E-state index < -0.39 is 15.3 Å². The third-order valence-electron chi connectivity index (χ3n) is 5.23. The fraction of sp³-hybridized carbons (Fsp3) is 0.300. The van der Waals surface area contributed by atoms with E-state index in [-0.39, 0.29) is 10.8 Å². The molecule has 0 saturated heterocycles. The lowest BCUT2D eigenvalue weighted by Crippen LogP contribution is -2.37. The highest BCUT2D eigenvalue weighted by Crippen LogP contribution is 2.42. The molecule has 1 aliphatic rings. The minimum absolute atomic E-state index is 0.0337. The summed E-state index contributed by atoms with van der Waals surface area (Å²) in [4.78, 5) is 17.9. The zero-order chi connectivity index (χ0) is 19.1. The molecule has 1 amide bonds. The molecule has 1 saturated carbocycles. The van der Waals surface area contributed by atoms with Crippen LogP contribution >= 0.6 is 11.3 Å². The smallest absolute Gasteiger partial charge is 0.236 e. The predicted molar refractivity (Wildman–Crippen MR) is 108 cm³/mol. The Labute approximate surface area is 162 Å². The highest BCUT2D eigenvalue weighted by molar-refractivity contribution is 7.90. The molecular formula is C20H20N2O3S2. The van der Waals surface area contributed by atoms with Gasteiger partial charge in [-0.25, -0.2) is 13.4 Å². The number of amides is 1. The Morgan fingerprint density at radius 3 is 2.48 bits per heavy atom. The molecule has 0 unspecified atom stereocenters. The summed E-state index contributed by atoms with van der Waals surface area (Å²) in [5, 5.41) is 3.49. The van der Waals surface area contributed by atoms with Gasteiger partial charge in [-0.05, 0) is 36.6 Å². The van der Waals surface area contributed by atoms with Crippen molar-refractivity contribution < 1.29 is 13.2 Å². The number of rotatable bonds is 4. The molecule has 1 N–H and O–H groups in total. The zero-order valence-corrected chi connectivity index (χ0v) is 16.6. The van der Waals surface area contributed by atoms with Gasteiger partial charge in [-0.1, -0.05) is 54.5 Å². The van der Waals surface area contributed by atoms with Crippen molar-refractivity contribution in [2.75, 3.05) is 11.6 Å². The highest BCUT2D eigenvalue weighted by atomic mass is 32.2. The monoisotopic (exact) mass is 400 g/mol. The standard InChI is InChI=1S/C20H20N2O3S2/c1-27(24,25)15-9-10-16-17(13-15)26-19(21-16)22-18(23)20(11-5-6-12-20)14-7-3-2-4-8-14/h2-4,7-10,13H,5-6,11-12H2,1H3,(H,21,22,23). The largest absolute Gasteiger partial charge is 0.301 e. The Hall–Kier alpha value is -2.25. The van der Waals surface area contributed by atoms with E-state index in [1.807, 2.05) is 30.3 Å². The topological polar surface area (TPSA) is 76.1 Å². The molecular weight excluding hydrogens is 380 g/mol. The van der Waals surface area contributed by atoms with E-state index in [0.29, 0.717) is 10.6 Å². The van der Waals surface area contributed by atoms with Crippen LogP contribution in [0, 0.1) is 0 Å². The van der Waals surface area contributed by atoms with E-state index in [9.17, 15) is 13.2 Å². The number of sulfone groups is 1. The lowest BCUT2D eigenvalue weighted by atomic mass is 9.78. The van der Waals surface area contributed by atoms with E-state index >= 15 is 0 Å². The molecule has 7 heteroatoms. The van der Waals surface area contributed by atoms with Crippen molar-refractivity contribution in [3.8, 4) is 0 Å². The number of carbonyl (C=O) groups is 1. The molecule has 1 aromatic heterocycles. The average Bonchev–Trinajstić information content (AvgIpc) is 3.28. The first-order chi connectivity index (χ1) is 12.9. The Bertz CT molecular complexity index is 1100. The van der Waals surface area contributed by atoms with E-state index in [1.165, 1.54) is 17.6 Å². The molecule has 0 spiro atoms. The van der Waals surface area contributed by atoms with Crippen LogP contribution in [0.5, 0.6) is 0 Å². The zero-order valence-electron chi connectivity index (χ0n) is 14.9. The van der Waals surface area contributed by atoms with Crippen LogP contribution in [0.25, 0.3) is 10.2 Å². The molecule has 0 bridgehead atoms. The van der Waals surface area contributed by atoms with Gasteiger partial charge in [-0.2, -0.15) is 0 Å². The summed E-state index contributed by atoms with van der Waals surface area (Å²) in [6.45, 7) is 0. The molecule has 0 aliphatic heterocycles. The SMILES string of the molecule is CS(=O)(=O)c1ccc2nc(NC(=O)C3(c4ccccc4)CCCC3)sc2c1. The van der Waals surface area contributed by atoms with Gasteiger partial charge in [0.1, 0.15) is 0 Å². The summed E-state index contributed by atoms with van der Waals surface area (Å²) < 4.78 is 24.2. The summed E-state index contributed by atoms with van der Waals surface area (Å²) in [7, 11) is -3.28. The Morgan fingerprint density at radius 2 is 1.81 bits per heavy atom. The number of hydrogen-bond acceptors (Lipinski definition) is 5. The minimum Gasteiger partial charge on any atom is -0.301 e. The third-order valence-corrected chi connectivity index (χ3v) is 7.27. The van der Waals surface area contributed by atoms with Crippen LogP contribution in [0.15, 0.2) is 53.4 Å². The maximum absolute atomic E-state index is 13.2. The Balaban J connectivity index is 1.66. The number of fused-ring (bicyclic) bond motifs is 1. The van der Waals surface area contributed by atoms with Gasteiger partial charge >= 0.3 is 0 Å². The summed E-state index contributed by atoms with van der Waals surface area (Å²) >= 11 is 1.30. The Kier molecular flexibility index (Phi) is 4.52. The molecule has 27 heavy (non-hydrogen) atoms. The first-order valence-corrected chi connectivity index (χ1v) is 11.6. The second kappa shape index (κ2) is 6.73. The molecule has 2 aromatic carbocycles. The molecule has 1 aliphatic carbocycles. The quantitative estimate of drug-likeness (QED) is 0.714. The van der Waals surface area contributed by atoms with Crippen LogP contribution in [-0.2, 0) is 20.0 Å². The van der Waals surface area contributed by atoms with Gasteiger partial charge < -0.3 is 5.32 Å². The Morgan fingerprint density at radius 1 is 1.11 bits per heavy atom. The van der Waals surface area contributed by atoms with Gasteiger partial charge in [0, 0.05) is 6.26 Å². The van der Waals surface area contributed by atoms with E-state index in [0.717, 1.165) is 35.9 Å². The van der Waals surface area contributed by atoms with E-state index in [2.05, 4.69) is 10.3 Å². The summed E-state index contributed by atoms with van der Waals surface area (Å²) in [6.07, 6.45) is 4.89. The average molecular weight is 401 g/mol. The number of nitrogens with zero attached hydrogens (tertiary/aromatic N) is 1. The maximum Gasteiger partial charge on any atom is 0.236 e. The number of benzene rings is 2. The third kappa shape index (κ3) is 3.37. The van der Waals surface area contributed by atoms with Crippen LogP contribution in [0.3, 0.4) is 0 Å². The predicted octanol–water partition coefficient (Wildman–Crippen LogP) is 4.15. The van der Waals surface area contributed by atoms with Crippen molar-refractivity contribution in [3.63, 3.8) is 0 Å². The van der Waals surface area contributed by atoms with Crippen LogP contribution in [0.2, 0.25) is 0 Å². The summed E-state index contributed by atoms with van der Waals surface area (Å²) in [5.74, 6) is -0.0337. The first kappa shape index (κ1) is 18.1. The molecule has 140 valence electrons. The molecule has 3 aromatic rings. The first-order valence-electron chi connectivity index (χ1n) is 8.86. The molecule has 1 fully saturated rings. The molecule has 5 nitrogen and oxygen atoms in total. The van der Waals surface area contributed by atoms with Crippen LogP contribution in [0.1, 0.15) is 31.2 Å². The van der Waals surface area contributed by atoms with Gasteiger partial charge in [-0.15, -0.1) is 0 Å². The van der Waals surface area contributed by atoms with Crippen molar-refractivity contribution in [2.45, 2.75) is 36.0 Å². The molecule has 4 rings (SSSR count). The van der Waals surface area contributed by atoms with E-state index in [1.54, 1.807) is 18.2 Å². The van der Waals surface area contributed by atoms with Crippen molar-refractivity contribution in [1.82, 2.24) is 4.98 Å². The molecule has 0 radical (unpaired) electrons. The fourth-order valence-electron chi connectivity index (χ4n) is 3.79. The van der Waals surface area contributed by atoms with Crippen molar-refractivity contribution in [3.05, 3.63) is 54.1 Å². The maximum atomic E-state index is 13.2. The van der Waals surface area contributed by atoms with E-state index in [4.69, 9.17) is 0 Å². The van der Waals surface area contributed by atoms with Gasteiger partial charge in [0.25, 0.3) is 0 Å². The van der Waals surface area contributed by atoms with Crippen LogP contribution < -0.4 is 5.32 Å². The lowest BCUT2D eigenvalue weighted by Gasteiger charge is -2.27. The highest BCUT2D eigenvalue weighted by Gasteiger charge is 2.42. The van der Waals surface area contributed by atoms with Crippen molar-refractivity contribution in [2.24, 2.45) is 0 Å². The number of hydrogen-bond donors (Lipinski definition) is 1. The molecule has 1 heterocycles. The van der Waals surface area contributed by atoms with Crippen molar-refractivity contribution in [1.29, 1.82) is 0 Å². The van der Waals surface area contributed by atoms with Gasteiger partial charge in [0.05, 0.1) is 20.5 Å². The van der Waals surface area contributed by atoms with Gasteiger partial charge in [-0.3, -0.25) is 4.79 Å². The summed E-state index contributed by atoms with van der Waals surface area (Å²) in [5.41, 5.74) is 1.21. The van der Waals surface area contributed by atoms with Crippen LogP contribution in [0.4, 0.5) is 5.13 Å². The van der Waals surface area contributed by atoms with Gasteiger partial charge in [0.15, 0.2) is 15.0 Å². The lowest BCUT2D eigenvalue weighted by molar-refractivity contribution is -0.121. The number of aromatic nitrogens is 1.